The number of aromatic amines is 1. The summed E-state index contributed by atoms with van der Waals surface area (Å²) in [7, 11) is 0. The molecular weight excluding hydrogens is 320 g/mol. The van der Waals surface area contributed by atoms with Gasteiger partial charge in [-0.3, -0.25) is 4.98 Å². The van der Waals surface area contributed by atoms with Crippen molar-refractivity contribution in [3.8, 4) is 0 Å². The van der Waals surface area contributed by atoms with Crippen LogP contribution in [0.1, 0.15) is 49.4 Å². The second-order valence-corrected chi connectivity index (χ2v) is 6.41. The molecule has 1 fully saturated rings. The zero-order chi connectivity index (χ0) is 17.8. The molecule has 1 aliphatic rings. The predicted octanol–water partition coefficient (Wildman–Crippen LogP) is 2.15. The summed E-state index contributed by atoms with van der Waals surface area (Å²) < 4.78 is 6.50. The minimum atomic E-state index is -0.516. The second kappa shape index (κ2) is 7.65. The monoisotopic (exact) mass is 344 g/mol. The van der Waals surface area contributed by atoms with Gasteiger partial charge >= 0.3 is 11.4 Å². The molecule has 3 rings (SSSR count). The van der Waals surface area contributed by atoms with Crippen LogP contribution in [0.3, 0.4) is 0 Å². The van der Waals surface area contributed by atoms with Gasteiger partial charge in [0.1, 0.15) is 0 Å². The Hall–Kier alpha value is -2.41. The molecule has 0 bridgehead atoms. The Morgan fingerprint density at radius 1 is 1.36 bits per heavy atom. The van der Waals surface area contributed by atoms with Crippen molar-refractivity contribution in [1.29, 1.82) is 0 Å². The van der Waals surface area contributed by atoms with Gasteiger partial charge in [0.25, 0.3) is 0 Å². The maximum atomic E-state index is 12.4. The summed E-state index contributed by atoms with van der Waals surface area (Å²) in [4.78, 5) is 31.5. The van der Waals surface area contributed by atoms with Gasteiger partial charge in [-0.2, -0.15) is 4.98 Å². The SMILES string of the molecule is CCC(Nc1nc(=O)n(C2CCOCC2)c(=O)[nH]1)c1cccc(C)c1. The van der Waals surface area contributed by atoms with Gasteiger partial charge in [0, 0.05) is 19.3 Å². The minimum Gasteiger partial charge on any atom is -0.381 e. The van der Waals surface area contributed by atoms with Gasteiger partial charge in [0.2, 0.25) is 5.95 Å². The molecule has 1 unspecified atom stereocenters. The van der Waals surface area contributed by atoms with Crippen LogP contribution in [0.4, 0.5) is 5.95 Å². The third kappa shape index (κ3) is 3.99. The smallest absolute Gasteiger partial charge is 0.355 e. The molecule has 0 aliphatic carbocycles. The minimum absolute atomic E-state index is 0.0265. The maximum absolute atomic E-state index is 12.4. The van der Waals surface area contributed by atoms with E-state index in [2.05, 4.69) is 21.4 Å². The summed E-state index contributed by atoms with van der Waals surface area (Å²) >= 11 is 0. The van der Waals surface area contributed by atoms with E-state index in [9.17, 15) is 9.59 Å². The lowest BCUT2D eigenvalue weighted by Gasteiger charge is -2.23. The third-order valence-electron chi connectivity index (χ3n) is 4.58. The van der Waals surface area contributed by atoms with Gasteiger partial charge in [-0.05, 0) is 31.7 Å². The number of ether oxygens (including phenoxy) is 1. The van der Waals surface area contributed by atoms with Gasteiger partial charge in [-0.25, -0.2) is 14.2 Å². The van der Waals surface area contributed by atoms with Crippen molar-refractivity contribution in [3.63, 3.8) is 0 Å². The number of nitrogens with one attached hydrogen (secondary N) is 2. The topological polar surface area (TPSA) is 89.0 Å². The molecule has 0 saturated carbocycles. The Labute approximate surface area is 146 Å². The third-order valence-corrected chi connectivity index (χ3v) is 4.58. The Balaban J connectivity index is 1.85. The van der Waals surface area contributed by atoms with Crippen LogP contribution in [0.25, 0.3) is 0 Å². The van der Waals surface area contributed by atoms with E-state index in [0.29, 0.717) is 26.1 Å². The molecule has 25 heavy (non-hydrogen) atoms. The first-order valence-electron chi connectivity index (χ1n) is 8.72. The summed E-state index contributed by atoms with van der Waals surface area (Å²) in [6.07, 6.45) is 2.10. The van der Waals surface area contributed by atoms with Crippen LogP contribution >= 0.6 is 0 Å². The van der Waals surface area contributed by atoms with Crippen LogP contribution in [-0.2, 0) is 4.74 Å². The van der Waals surface area contributed by atoms with Crippen molar-refractivity contribution in [2.24, 2.45) is 0 Å². The van der Waals surface area contributed by atoms with Crippen molar-refractivity contribution in [1.82, 2.24) is 14.5 Å². The lowest BCUT2D eigenvalue weighted by molar-refractivity contribution is 0.0670. The molecule has 1 aromatic heterocycles. The fraction of sp³-hybridized carbons (Fsp3) is 0.500. The Morgan fingerprint density at radius 2 is 2.12 bits per heavy atom. The van der Waals surface area contributed by atoms with E-state index in [1.807, 2.05) is 32.0 Å². The fourth-order valence-electron chi connectivity index (χ4n) is 3.23. The van der Waals surface area contributed by atoms with Gasteiger partial charge in [0.05, 0.1) is 6.04 Å². The second-order valence-electron chi connectivity index (χ2n) is 6.41. The van der Waals surface area contributed by atoms with E-state index in [0.717, 1.165) is 17.5 Å². The zero-order valence-corrected chi connectivity index (χ0v) is 14.6. The van der Waals surface area contributed by atoms with Crippen molar-refractivity contribution in [2.75, 3.05) is 18.5 Å². The Bertz CT molecular complexity index is 805. The number of benzene rings is 1. The van der Waals surface area contributed by atoms with Crippen molar-refractivity contribution in [3.05, 3.63) is 56.4 Å². The Morgan fingerprint density at radius 3 is 2.76 bits per heavy atom. The number of H-pyrrole nitrogens is 1. The molecule has 0 amide bonds. The summed E-state index contributed by atoms with van der Waals surface area (Å²) in [6, 6.07) is 7.96. The number of hydrogen-bond acceptors (Lipinski definition) is 5. The Kier molecular flexibility index (Phi) is 5.33. The highest BCUT2D eigenvalue weighted by Crippen LogP contribution is 2.21. The molecule has 1 saturated heterocycles. The van der Waals surface area contributed by atoms with Crippen molar-refractivity contribution in [2.45, 2.75) is 45.2 Å². The first kappa shape index (κ1) is 17.4. The van der Waals surface area contributed by atoms with E-state index in [1.165, 1.54) is 4.57 Å². The van der Waals surface area contributed by atoms with Gasteiger partial charge in [-0.1, -0.05) is 36.8 Å². The number of rotatable bonds is 5. The highest BCUT2D eigenvalue weighted by atomic mass is 16.5. The molecule has 1 aliphatic heterocycles. The van der Waals surface area contributed by atoms with Crippen LogP contribution in [-0.4, -0.2) is 27.7 Å². The number of nitrogens with zero attached hydrogens (tertiary/aromatic N) is 2. The highest BCUT2D eigenvalue weighted by molar-refractivity contribution is 5.33. The largest absolute Gasteiger partial charge is 0.381 e. The first-order valence-corrected chi connectivity index (χ1v) is 8.72. The predicted molar refractivity (Wildman–Crippen MR) is 96.0 cm³/mol. The summed E-state index contributed by atoms with van der Waals surface area (Å²) in [5.74, 6) is 0.215. The first-order chi connectivity index (χ1) is 12.1. The number of aromatic nitrogens is 3. The number of hydrogen-bond donors (Lipinski definition) is 2. The summed E-state index contributed by atoms with van der Waals surface area (Å²) in [5, 5.41) is 3.18. The quantitative estimate of drug-likeness (QED) is 0.867. The molecule has 0 radical (unpaired) electrons. The molecule has 7 nitrogen and oxygen atoms in total. The molecule has 0 spiro atoms. The molecule has 7 heteroatoms. The molecule has 1 aromatic carbocycles. The average molecular weight is 344 g/mol. The number of aryl methyl sites for hydroxylation is 1. The lowest BCUT2D eigenvalue weighted by atomic mass is 10.0. The standard InChI is InChI=1S/C18H24N4O3/c1-3-15(13-6-4-5-12(2)11-13)19-16-20-17(23)22(18(24)21-16)14-7-9-25-10-8-14/h4-6,11,14-15H,3,7-10H2,1-2H3,(H2,19,20,21,23,24). The van der Waals surface area contributed by atoms with Gasteiger partial charge in [-0.15, -0.1) is 0 Å². The summed E-state index contributed by atoms with van der Waals surface area (Å²) in [6.45, 7) is 5.19. The lowest BCUT2D eigenvalue weighted by Crippen LogP contribution is -2.42. The van der Waals surface area contributed by atoms with Crippen molar-refractivity contribution >= 4 is 5.95 Å². The molecule has 1 atom stereocenters. The van der Waals surface area contributed by atoms with Crippen LogP contribution in [0.5, 0.6) is 0 Å². The molecule has 2 aromatic rings. The fourth-order valence-corrected chi connectivity index (χ4v) is 3.23. The van der Waals surface area contributed by atoms with Crippen LogP contribution in [0.2, 0.25) is 0 Å². The van der Waals surface area contributed by atoms with Gasteiger partial charge < -0.3 is 10.1 Å². The van der Waals surface area contributed by atoms with E-state index in [1.54, 1.807) is 0 Å². The normalized spacial score (nSPS) is 16.6. The maximum Gasteiger partial charge on any atom is 0.355 e. The summed E-state index contributed by atoms with van der Waals surface area (Å²) in [5.41, 5.74) is 1.32. The molecule has 2 N–H and O–H groups in total. The van der Waals surface area contributed by atoms with E-state index < -0.39 is 11.4 Å². The molecule has 134 valence electrons. The zero-order valence-electron chi connectivity index (χ0n) is 14.6. The molecular formula is C18H24N4O3. The van der Waals surface area contributed by atoms with Gasteiger partial charge in [0.15, 0.2) is 0 Å². The van der Waals surface area contributed by atoms with E-state index >= 15 is 0 Å². The van der Waals surface area contributed by atoms with Crippen LogP contribution in [0.15, 0.2) is 33.9 Å². The van der Waals surface area contributed by atoms with E-state index in [-0.39, 0.29) is 18.0 Å². The van der Waals surface area contributed by atoms with Crippen LogP contribution in [0, 0.1) is 6.92 Å². The average Bonchev–Trinajstić information content (AvgIpc) is 2.60. The number of anilines is 1. The van der Waals surface area contributed by atoms with E-state index in [4.69, 9.17) is 4.74 Å². The highest BCUT2D eigenvalue weighted by Gasteiger charge is 2.21. The van der Waals surface area contributed by atoms with Crippen molar-refractivity contribution < 1.29 is 4.74 Å². The van der Waals surface area contributed by atoms with Crippen LogP contribution < -0.4 is 16.7 Å². The molecule has 2 heterocycles.